The average Bonchev–Trinajstić information content (AvgIpc) is 2.42. The lowest BCUT2D eigenvalue weighted by Gasteiger charge is -2.25. The lowest BCUT2D eigenvalue weighted by Crippen LogP contribution is -2.30. The molecule has 0 aliphatic carbocycles. The third-order valence-electron chi connectivity index (χ3n) is 2.66. The molecule has 0 amide bonds. The van der Waals surface area contributed by atoms with Crippen molar-refractivity contribution < 1.29 is 14.2 Å². The first-order chi connectivity index (χ1) is 9.24. The van der Waals surface area contributed by atoms with Crippen LogP contribution in [0.1, 0.15) is 6.42 Å². The molecule has 0 saturated carbocycles. The van der Waals surface area contributed by atoms with Crippen LogP contribution in [0.5, 0.6) is 5.75 Å². The van der Waals surface area contributed by atoms with Crippen molar-refractivity contribution in [2.75, 3.05) is 58.3 Å². The molecule has 1 aromatic rings. The van der Waals surface area contributed by atoms with Gasteiger partial charge in [0.25, 0.3) is 0 Å². The van der Waals surface area contributed by atoms with E-state index in [1.54, 1.807) is 21.3 Å². The number of nitrogen functional groups attached to an aromatic ring is 1. The van der Waals surface area contributed by atoms with Crippen LogP contribution in [0.4, 0.5) is 11.6 Å². The molecule has 2 N–H and O–H groups in total. The van der Waals surface area contributed by atoms with E-state index in [-0.39, 0.29) is 0 Å². The van der Waals surface area contributed by atoms with Gasteiger partial charge in [-0.3, -0.25) is 0 Å². The van der Waals surface area contributed by atoms with Crippen LogP contribution in [0.15, 0.2) is 6.33 Å². The molecule has 0 unspecified atom stereocenters. The lowest BCUT2D eigenvalue weighted by molar-refractivity contribution is 0.190. The molecule has 0 aliphatic heterocycles. The highest BCUT2D eigenvalue weighted by molar-refractivity contribution is 5.62. The fourth-order valence-electron chi connectivity index (χ4n) is 1.72. The van der Waals surface area contributed by atoms with E-state index < -0.39 is 0 Å². The van der Waals surface area contributed by atoms with Gasteiger partial charge in [0.15, 0.2) is 11.6 Å². The van der Waals surface area contributed by atoms with Gasteiger partial charge in [-0.2, -0.15) is 0 Å². The molecular weight excluding hydrogens is 248 g/mol. The Morgan fingerprint density at radius 3 is 2.47 bits per heavy atom. The van der Waals surface area contributed by atoms with Gasteiger partial charge in [-0.15, -0.1) is 0 Å². The van der Waals surface area contributed by atoms with Gasteiger partial charge in [0.05, 0.1) is 13.7 Å². The summed E-state index contributed by atoms with van der Waals surface area (Å²) in [6, 6.07) is 0. The Morgan fingerprint density at radius 1 is 1.11 bits per heavy atom. The summed E-state index contributed by atoms with van der Waals surface area (Å²) < 4.78 is 15.5. The molecule has 1 rings (SSSR count). The highest BCUT2D eigenvalue weighted by atomic mass is 16.5. The van der Waals surface area contributed by atoms with Gasteiger partial charge >= 0.3 is 0 Å². The first-order valence-electron chi connectivity index (χ1n) is 6.11. The molecule has 0 aromatic carbocycles. The van der Waals surface area contributed by atoms with E-state index in [2.05, 4.69) is 14.9 Å². The second kappa shape index (κ2) is 8.49. The van der Waals surface area contributed by atoms with Crippen molar-refractivity contribution in [3.05, 3.63) is 6.33 Å². The Morgan fingerprint density at radius 2 is 1.84 bits per heavy atom. The van der Waals surface area contributed by atoms with Crippen LogP contribution in [0, 0.1) is 0 Å². The maximum Gasteiger partial charge on any atom is 0.204 e. The summed E-state index contributed by atoms with van der Waals surface area (Å²) in [6.07, 6.45) is 2.32. The number of nitrogens with zero attached hydrogens (tertiary/aromatic N) is 3. The van der Waals surface area contributed by atoms with E-state index in [0.29, 0.717) is 37.1 Å². The third kappa shape index (κ3) is 4.53. The van der Waals surface area contributed by atoms with Gasteiger partial charge in [-0.05, 0) is 6.42 Å². The van der Waals surface area contributed by atoms with Crippen molar-refractivity contribution in [2.24, 2.45) is 0 Å². The Hall–Kier alpha value is -1.60. The maximum absolute atomic E-state index is 5.79. The van der Waals surface area contributed by atoms with Gasteiger partial charge in [-0.1, -0.05) is 0 Å². The molecule has 0 atom stereocenters. The molecule has 108 valence electrons. The van der Waals surface area contributed by atoms with Gasteiger partial charge in [0.1, 0.15) is 6.33 Å². The van der Waals surface area contributed by atoms with Gasteiger partial charge in [0, 0.05) is 33.9 Å². The minimum Gasteiger partial charge on any atom is -0.490 e. The third-order valence-corrected chi connectivity index (χ3v) is 2.66. The predicted octanol–water partition coefficient (Wildman–Crippen LogP) is 0.557. The van der Waals surface area contributed by atoms with Crippen LogP contribution in [-0.2, 0) is 9.47 Å². The van der Waals surface area contributed by atoms with Crippen molar-refractivity contribution >= 4 is 11.6 Å². The summed E-state index contributed by atoms with van der Waals surface area (Å²) in [4.78, 5) is 10.2. The van der Waals surface area contributed by atoms with Gasteiger partial charge in [-0.25, -0.2) is 9.97 Å². The molecule has 7 nitrogen and oxygen atoms in total. The van der Waals surface area contributed by atoms with E-state index >= 15 is 0 Å². The molecule has 0 fully saturated rings. The molecule has 0 spiro atoms. The van der Waals surface area contributed by atoms with Crippen LogP contribution < -0.4 is 15.4 Å². The van der Waals surface area contributed by atoms with E-state index in [9.17, 15) is 0 Å². The second-order valence-corrected chi connectivity index (χ2v) is 3.94. The largest absolute Gasteiger partial charge is 0.490 e. The van der Waals surface area contributed by atoms with Crippen LogP contribution in [0.3, 0.4) is 0 Å². The van der Waals surface area contributed by atoms with E-state index in [1.165, 1.54) is 6.33 Å². The predicted molar refractivity (Wildman–Crippen MR) is 73.6 cm³/mol. The molecule has 19 heavy (non-hydrogen) atoms. The standard InChI is InChI=1S/C12H22N4O3/c1-17-7-4-5-16(6-8-18-2)12-10(19-3)11(13)14-9-15-12/h9H,4-8H2,1-3H3,(H2,13,14,15). The van der Waals surface area contributed by atoms with Crippen LogP contribution >= 0.6 is 0 Å². The van der Waals surface area contributed by atoms with Crippen molar-refractivity contribution in [1.82, 2.24) is 9.97 Å². The summed E-state index contributed by atoms with van der Waals surface area (Å²) in [5, 5.41) is 0. The van der Waals surface area contributed by atoms with Crippen molar-refractivity contribution in [3.8, 4) is 5.75 Å². The fraction of sp³-hybridized carbons (Fsp3) is 0.667. The second-order valence-electron chi connectivity index (χ2n) is 3.94. The smallest absolute Gasteiger partial charge is 0.204 e. The number of hydrogen-bond donors (Lipinski definition) is 1. The number of hydrogen-bond acceptors (Lipinski definition) is 7. The Labute approximate surface area is 113 Å². The zero-order valence-electron chi connectivity index (χ0n) is 11.8. The topological polar surface area (TPSA) is 82.7 Å². The Kier molecular flexibility index (Phi) is 6.91. The first-order valence-corrected chi connectivity index (χ1v) is 6.11. The number of ether oxygens (including phenoxy) is 3. The Bertz CT molecular complexity index is 376. The maximum atomic E-state index is 5.79. The van der Waals surface area contributed by atoms with Crippen LogP contribution in [0.25, 0.3) is 0 Å². The molecule has 7 heteroatoms. The highest BCUT2D eigenvalue weighted by Crippen LogP contribution is 2.29. The number of aromatic nitrogens is 2. The molecule has 0 radical (unpaired) electrons. The molecule has 1 aromatic heterocycles. The number of anilines is 2. The monoisotopic (exact) mass is 270 g/mol. The summed E-state index contributed by atoms with van der Waals surface area (Å²) >= 11 is 0. The first kappa shape index (κ1) is 15.5. The van der Waals surface area contributed by atoms with E-state index in [4.69, 9.17) is 19.9 Å². The van der Waals surface area contributed by atoms with Crippen molar-refractivity contribution in [3.63, 3.8) is 0 Å². The summed E-state index contributed by atoms with van der Waals surface area (Å²) in [5.41, 5.74) is 5.79. The average molecular weight is 270 g/mol. The van der Waals surface area contributed by atoms with Gasteiger partial charge in [0.2, 0.25) is 5.75 Å². The highest BCUT2D eigenvalue weighted by Gasteiger charge is 2.16. The lowest BCUT2D eigenvalue weighted by atomic mass is 10.3. The molecule has 0 aliphatic rings. The zero-order chi connectivity index (χ0) is 14.1. The molecule has 1 heterocycles. The van der Waals surface area contributed by atoms with E-state index in [0.717, 1.165) is 13.0 Å². The van der Waals surface area contributed by atoms with Crippen LogP contribution in [-0.4, -0.2) is 57.6 Å². The number of nitrogens with two attached hydrogens (primary N) is 1. The summed E-state index contributed by atoms with van der Waals surface area (Å²) in [7, 11) is 4.91. The zero-order valence-corrected chi connectivity index (χ0v) is 11.8. The number of methoxy groups -OCH3 is 3. The number of rotatable bonds is 9. The SMILES string of the molecule is COCCCN(CCOC)c1ncnc(N)c1OC. The van der Waals surface area contributed by atoms with E-state index in [1.807, 2.05) is 0 Å². The van der Waals surface area contributed by atoms with Crippen molar-refractivity contribution in [1.29, 1.82) is 0 Å². The summed E-state index contributed by atoms with van der Waals surface area (Å²) in [5.74, 6) is 1.51. The normalized spacial score (nSPS) is 10.5. The fourth-order valence-corrected chi connectivity index (χ4v) is 1.72. The summed E-state index contributed by atoms with van der Waals surface area (Å²) in [6.45, 7) is 2.77. The molecule has 0 bridgehead atoms. The minimum absolute atomic E-state index is 0.335. The van der Waals surface area contributed by atoms with Gasteiger partial charge < -0.3 is 24.8 Å². The molecule has 0 saturated heterocycles. The molecular formula is C12H22N4O3. The van der Waals surface area contributed by atoms with Crippen LogP contribution in [0.2, 0.25) is 0 Å². The van der Waals surface area contributed by atoms with Crippen molar-refractivity contribution in [2.45, 2.75) is 6.42 Å². The quantitative estimate of drug-likeness (QED) is 0.656. The minimum atomic E-state index is 0.335. The Balaban J connectivity index is 2.85.